The van der Waals surface area contributed by atoms with Crippen LogP contribution >= 0.6 is 28.5 Å². The van der Waals surface area contributed by atoms with Crippen molar-refractivity contribution in [2.75, 3.05) is 0 Å². The summed E-state index contributed by atoms with van der Waals surface area (Å²) in [4.78, 5) is 10.6. The average molecular weight is 663 g/mol. The number of para-hydroxylation sites is 2. The molecule has 0 amide bonds. The van der Waals surface area contributed by atoms with Crippen molar-refractivity contribution in [1.29, 1.82) is 0 Å². The fourth-order valence-corrected chi connectivity index (χ4v) is 4.87. The zero-order chi connectivity index (χ0) is 26.8. The van der Waals surface area contributed by atoms with Gasteiger partial charge in [0, 0.05) is 16.5 Å². The zero-order valence-electron chi connectivity index (χ0n) is 22.0. The quantitative estimate of drug-likeness (QED) is 0.191. The molecule has 4 aromatic rings. The maximum absolute atomic E-state index is 5.32. The first kappa shape index (κ1) is 28.0. The molecule has 0 N–H and O–H groups in total. The molecular weight excluding hydrogens is 631 g/mol. The monoisotopic (exact) mass is 660 g/mol. The van der Waals surface area contributed by atoms with E-state index in [1.807, 2.05) is 0 Å². The second-order valence-electron chi connectivity index (χ2n) is 11.2. The van der Waals surface area contributed by atoms with E-state index in [-0.39, 0.29) is 10.8 Å². The van der Waals surface area contributed by atoms with Crippen LogP contribution in [-0.2, 0) is 21.7 Å². The predicted octanol–water partition coefficient (Wildman–Crippen LogP) is 10.4. The van der Waals surface area contributed by atoms with E-state index in [0.717, 1.165) is 33.9 Å². The van der Waals surface area contributed by atoms with Gasteiger partial charge >= 0.3 is 39.3 Å². The van der Waals surface area contributed by atoms with Crippen LogP contribution in [0.4, 0.5) is 11.4 Å². The van der Waals surface area contributed by atoms with Crippen molar-refractivity contribution in [3.63, 3.8) is 0 Å². The van der Waals surface area contributed by atoms with Gasteiger partial charge in [0.1, 0.15) is 0 Å². The van der Waals surface area contributed by atoms with Gasteiger partial charge in [0.25, 0.3) is 0 Å². The van der Waals surface area contributed by atoms with Gasteiger partial charge in [-0.25, -0.2) is 9.98 Å². The molecule has 0 saturated heterocycles. The molecule has 4 aromatic carbocycles. The van der Waals surface area contributed by atoms with E-state index in [4.69, 9.17) is 9.98 Å². The molecule has 2 nitrogen and oxygen atoms in total. The third-order valence-corrected chi connectivity index (χ3v) is 6.53. The van der Waals surface area contributed by atoms with Gasteiger partial charge in [-0.3, -0.25) is 0 Å². The van der Waals surface area contributed by atoms with Crippen LogP contribution in [0.15, 0.2) is 94.9 Å². The fourth-order valence-electron chi connectivity index (χ4n) is 4.87. The van der Waals surface area contributed by atoms with Gasteiger partial charge in [0.15, 0.2) is 0 Å². The van der Waals surface area contributed by atoms with E-state index in [1.54, 1.807) is 0 Å². The molecule has 1 aliphatic carbocycles. The van der Waals surface area contributed by atoms with Crippen molar-refractivity contribution in [2.45, 2.75) is 52.4 Å². The predicted molar refractivity (Wildman–Crippen MR) is 164 cm³/mol. The van der Waals surface area contributed by atoms with E-state index in [9.17, 15) is 0 Å². The second-order valence-corrected chi connectivity index (χ2v) is 16.2. The summed E-state index contributed by atoms with van der Waals surface area (Å²) >= 11 is 6.00. The molecule has 0 spiro atoms. The number of halogens is 2. The summed E-state index contributed by atoms with van der Waals surface area (Å²) in [5.74, 6) is 0. The Morgan fingerprint density at radius 2 is 0.919 bits per heavy atom. The molecule has 0 aromatic heterocycles. The van der Waals surface area contributed by atoms with Gasteiger partial charge in [0.2, 0.25) is 0 Å². The third kappa shape index (κ3) is 6.00. The molecule has 5 heteroatoms. The number of hydrogen-bond donors (Lipinski definition) is 0. The van der Waals surface area contributed by atoms with Gasteiger partial charge in [-0.1, -0.05) is 114 Å². The normalized spacial score (nSPS) is 15.4. The summed E-state index contributed by atoms with van der Waals surface area (Å²) in [6.45, 7) is 13.4. The van der Waals surface area contributed by atoms with E-state index in [0.29, 0.717) is 0 Å². The molecule has 37 heavy (non-hydrogen) atoms. The maximum atomic E-state index is 5.32. The molecule has 0 saturated carbocycles. The van der Waals surface area contributed by atoms with Gasteiger partial charge in [0.05, 0.1) is 22.8 Å². The molecule has 0 unspecified atom stereocenters. The van der Waals surface area contributed by atoms with Crippen molar-refractivity contribution in [2.24, 2.45) is 9.98 Å². The van der Waals surface area contributed by atoms with Crippen molar-refractivity contribution < 1.29 is 10.9 Å². The summed E-state index contributed by atoms with van der Waals surface area (Å²) in [7, 11) is 1.25. The molecule has 0 fully saturated rings. The Morgan fingerprint density at radius 1 is 0.541 bits per heavy atom. The van der Waals surface area contributed by atoms with Crippen molar-refractivity contribution in [1.82, 2.24) is 0 Å². The molecule has 0 bridgehead atoms. The fraction of sp³-hybridized carbons (Fsp3) is 0.250. The molecule has 1 aliphatic rings. The number of benzene rings is 4. The third-order valence-electron chi connectivity index (χ3n) is 6.53. The first-order valence-corrected chi connectivity index (χ1v) is 17.2. The van der Waals surface area contributed by atoms with E-state index in [1.165, 1.54) is 32.8 Å². The van der Waals surface area contributed by atoms with Crippen LogP contribution in [0.3, 0.4) is 0 Å². The summed E-state index contributed by atoms with van der Waals surface area (Å²) < 4.78 is 0. The van der Waals surface area contributed by atoms with E-state index in [2.05, 4.69) is 155 Å². The van der Waals surface area contributed by atoms with Gasteiger partial charge in [-0.2, -0.15) is 0 Å². The van der Waals surface area contributed by atoms with Crippen LogP contribution in [0.25, 0.3) is 10.8 Å². The molecule has 194 valence electrons. The Kier molecular flexibility index (Phi) is 8.58. The van der Waals surface area contributed by atoms with Gasteiger partial charge < -0.3 is 0 Å². The summed E-state index contributed by atoms with van der Waals surface area (Å²) in [6.07, 6.45) is 0. The zero-order valence-corrected chi connectivity index (χ0v) is 26.2. The van der Waals surface area contributed by atoms with Crippen LogP contribution in [-0.4, -0.2) is 11.4 Å². The standard InChI is InChI=1S/C32H32N2.2BrH.Ni/c1-31(2,3)24-17-7-9-19-26(24)33-29-22-15-11-13-21-14-12-16-23(28(21)22)30(29)34-27-20-10-8-18-25(27)32(4,5)6;;;/h7-20H,1-6H3;2*1H;/q;;;+2/p-2. The van der Waals surface area contributed by atoms with E-state index < -0.39 is 0 Å². The minimum atomic E-state index is -0.00570. The summed E-state index contributed by atoms with van der Waals surface area (Å²) in [5, 5.41) is 2.46. The Hall–Kier alpha value is -2.07. The van der Waals surface area contributed by atoms with Crippen LogP contribution in [0.1, 0.15) is 63.8 Å². The van der Waals surface area contributed by atoms with E-state index >= 15 is 0 Å². The van der Waals surface area contributed by atoms with Crippen LogP contribution < -0.4 is 0 Å². The van der Waals surface area contributed by atoms with Crippen LogP contribution in [0.5, 0.6) is 0 Å². The van der Waals surface area contributed by atoms with Crippen molar-refractivity contribution in [3.8, 4) is 0 Å². The van der Waals surface area contributed by atoms with Gasteiger partial charge in [-0.15, -0.1) is 0 Å². The Bertz CT molecular complexity index is 1380. The number of aliphatic imine (C=N–C) groups is 2. The minimum absolute atomic E-state index is 0.00570. The first-order valence-electron chi connectivity index (χ1n) is 12.3. The van der Waals surface area contributed by atoms with Crippen molar-refractivity contribution in [3.05, 3.63) is 107 Å². The average Bonchev–Trinajstić information content (AvgIpc) is 3.13. The molecule has 0 heterocycles. The van der Waals surface area contributed by atoms with Crippen molar-refractivity contribution >= 4 is 62.0 Å². The molecule has 0 atom stereocenters. The molecular formula is C32H32Br2N2Ni. The van der Waals surface area contributed by atoms with Crippen LogP contribution in [0.2, 0.25) is 0 Å². The molecule has 0 aliphatic heterocycles. The Labute approximate surface area is 241 Å². The van der Waals surface area contributed by atoms with Gasteiger partial charge in [-0.05, 0) is 39.5 Å². The summed E-state index contributed by atoms with van der Waals surface area (Å²) in [5.41, 5.74) is 8.69. The first-order chi connectivity index (χ1) is 17.6. The topological polar surface area (TPSA) is 24.7 Å². The molecule has 5 rings (SSSR count). The summed E-state index contributed by atoms with van der Waals surface area (Å²) in [6, 6.07) is 29.9. The number of rotatable bonds is 2. The van der Waals surface area contributed by atoms with Crippen LogP contribution in [0, 0.1) is 0 Å². The number of nitrogens with zero attached hydrogens (tertiary/aromatic N) is 2. The Balaban J connectivity index is 0.00000102. The SMILES string of the molecule is CC(C)(C)c1ccccc1N=C1C(=Nc2ccccc2C(C)(C)C)c2cccc3cccc1c23.[Br][Ni][Br]. The second kappa shape index (κ2) is 11.4. The molecule has 0 radical (unpaired) electrons. The Morgan fingerprint density at radius 3 is 1.30 bits per heavy atom. The number of hydrogen-bond acceptors (Lipinski definition) is 2.